The van der Waals surface area contributed by atoms with E-state index < -0.39 is 0 Å². The highest BCUT2D eigenvalue weighted by atomic mass is 16.5. The molecule has 0 atom stereocenters. The first-order valence-corrected chi connectivity index (χ1v) is 12.5. The molecule has 2 saturated carbocycles. The molecule has 30 heavy (non-hydrogen) atoms. The van der Waals surface area contributed by atoms with Crippen LogP contribution in [0.25, 0.3) is 11.1 Å². The molecule has 1 heteroatoms. The van der Waals surface area contributed by atoms with Crippen LogP contribution in [0.3, 0.4) is 0 Å². The standard InChI is InChI=1S/C29H40O/c1-3-4-22-5-9-24(10-6-22)26-13-17-28(18-14-26)29-19-15-27(16-20-29)25-11-7-23(8-12-25)21-30-2/h13-20,22-25H,3-12,21H2,1-2H3. The van der Waals surface area contributed by atoms with Crippen molar-refractivity contribution in [3.8, 4) is 11.1 Å². The van der Waals surface area contributed by atoms with Crippen molar-refractivity contribution >= 4 is 0 Å². The van der Waals surface area contributed by atoms with Crippen LogP contribution < -0.4 is 0 Å². The van der Waals surface area contributed by atoms with Gasteiger partial charge in [0.2, 0.25) is 0 Å². The van der Waals surface area contributed by atoms with E-state index in [9.17, 15) is 0 Å². The van der Waals surface area contributed by atoms with Gasteiger partial charge in [-0.15, -0.1) is 0 Å². The van der Waals surface area contributed by atoms with E-state index >= 15 is 0 Å². The Morgan fingerprint density at radius 3 is 1.47 bits per heavy atom. The highest BCUT2D eigenvalue weighted by Gasteiger charge is 2.23. The second-order valence-electron chi connectivity index (χ2n) is 9.92. The highest BCUT2D eigenvalue weighted by molar-refractivity contribution is 5.64. The fraction of sp³-hybridized carbons (Fsp3) is 0.586. The summed E-state index contributed by atoms with van der Waals surface area (Å²) in [5.41, 5.74) is 5.78. The van der Waals surface area contributed by atoms with Crippen molar-refractivity contribution in [3.63, 3.8) is 0 Å². The molecule has 0 radical (unpaired) electrons. The third-order valence-electron chi connectivity index (χ3n) is 7.89. The van der Waals surface area contributed by atoms with Gasteiger partial charge in [0, 0.05) is 13.7 Å². The topological polar surface area (TPSA) is 9.23 Å². The summed E-state index contributed by atoms with van der Waals surface area (Å²) < 4.78 is 5.35. The molecule has 2 aliphatic carbocycles. The van der Waals surface area contributed by atoms with Gasteiger partial charge in [-0.3, -0.25) is 0 Å². The van der Waals surface area contributed by atoms with Crippen LogP contribution in [0.2, 0.25) is 0 Å². The third-order valence-corrected chi connectivity index (χ3v) is 7.89. The van der Waals surface area contributed by atoms with Gasteiger partial charge < -0.3 is 4.74 Å². The van der Waals surface area contributed by atoms with Gasteiger partial charge in [-0.25, -0.2) is 0 Å². The molecule has 2 aromatic rings. The Hall–Kier alpha value is -1.60. The fourth-order valence-corrected chi connectivity index (χ4v) is 5.99. The molecule has 0 heterocycles. The van der Waals surface area contributed by atoms with Crippen molar-refractivity contribution in [3.05, 3.63) is 59.7 Å². The second-order valence-corrected chi connectivity index (χ2v) is 9.92. The zero-order valence-corrected chi connectivity index (χ0v) is 19.1. The van der Waals surface area contributed by atoms with Crippen LogP contribution in [0.5, 0.6) is 0 Å². The molecule has 1 nitrogen and oxygen atoms in total. The molecule has 0 unspecified atom stereocenters. The summed E-state index contributed by atoms with van der Waals surface area (Å²) in [6.07, 6.45) is 13.6. The smallest absolute Gasteiger partial charge is 0.0490 e. The second kappa shape index (κ2) is 10.6. The summed E-state index contributed by atoms with van der Waals surface area (Å²) in [5, 5.41) is 0. The summed E-state index contributed by atoms with van der Waals surface area (Å²) in [5.74, 6) is 3.27. The Labute approximate surface area is 184 Å². The van der Waals surface area contributed by atoms with Crippen molar-refractivity contribution < 1.29 is 4.74 Å². The Kier molecular flexibility index (Phi) is 7.66. The molecular weight excluding hydrogens is 364 g/mol. The Morgan fingerprint density at radius 1 is 0.633 bits per heavy atom. The van der Waals surface area contributed by atoms with Gasteiger partial charge in [0.1, 0.15) is 0 Å². The normalized spacial score (nSPS) is 27.1. The predicted octanol–water partition coefficient (Wildman–Crippen LogP) is 8.35. The highest BCUT2D eigenvalue weighted by Crippen LogP contribution is 2.39. The quantitative estimate of drug-likeness (QED) is 0.450. The molecule has 0 N–H and O–H groups in total. The van der Waals surface area contributed by atoms with Crippen LogP contribution in [0.15, 0.2) is 48.5 Å². The van der Waals surface area contributed by atoms with Crippen molar-refractivity contribution in [2.45, 2.75) is 83.0 Å². The number of hydrogen-bond acceptors (Lipinski definition) is 1. The van der Waals surface area contributed by atoms with E-state index in [-0.39, 0.29) is 0 Å². The molecule has 0 bridgehead atoms. The summed E-state index contributed by atoms with van der Waals surface area (Å²) in [7, 11) is 1.83. The number of methoxy groups -OCH3 is 1. The number of rotatable bonds is 7. The van der Waals surface area contributed by atoms with Gasteiger partial charge in [-0.1, -0.05) is 68.3 Å². The van der Waals surface area contributed by atoms with Gasteiger partial charge in [0.15, 0.2) is 0 Å². The molecule has 2 aromatic carbocycles. The van der Waals surface area contributed by atoms with Crippen molar-refractivity contribution in [1.82, 2.24) is 0 Å². The van der Waals surface area contributed by atoms with E-state index in [2.05, 4.69) is 55.5 Å². The van der Waals surface area contributed by atoms with E-state index in [4.69, 9.17) is 4.74 Å². The number of ether oxygens (including phenoxy) is 1. The van der Waals surface area contributed by atoms with Crippen LogP contribution in [-0.4, -0.2) is 13.7 Å². The Balaban J connectivity index is 1.33. The van der Waals surface area contributed by atoms with E-state index in [1.165, 1.54) is 80.9 Å². The molecule has 0 spiro atoms. The van der Waals surface area contributed by atoms with Gasteiger partial charge >= 0.3 is 0 Å². The van der Waals surface area contributed by atoms with Crippen LogP contribution in [0, 0.1) is 11.8 Å². The Morgan fingerprint density at radius 2 is 1.07 bits per heavy atom. The van der Waals surface area contributed by atoms with Gasteiger partial charge in [-0.05, 0) is 97.3 Å². The number of benzene rings is 2. The maximum Gasteiger partial charge on any atom is 0.0490 e. The summed E-state index contributed by atoms with van der Waals surface area (Å²) in [6, 6.07) is 18.9. The monoisotopic (exact) mass is 404 g/mol. The molecule has 0 amide bonds. The van der Waals surface area contributed by atoms with E-state index in [1.807, 2.05) is 7.11 Å². The first-order chi connectivity index (χ1) is 14.8. The van der Waals surface area contributed by atoms with Gasteiger partial charge in [-0.2, -0.15) is 0 Å². The van der Waals surface area contributed by atoms with Crippen LogP contribution in [0.4, 0.5) is 0 Å². The summed E-state index contributed by atoms with van der Waals surface area (Å²) in [6.45, 7) is 3.26. The van der Waals surface area contributed by atoms with Crippen molar-refractivity contribution in [2.75, 3.05) is 13.7 Å². The van der Waals surface area contributed by atoms with Gasteiger partial charge in [0.25, 0.3) is 0 Å². The first-order valence-electron chi connectivity index (χ1n) is 12.5. The minimum Gasteiger partial charge on any atom is -0.384 e. The zero-order chi connectivity index (χ0) is 20.8. The average molecular weight is 405 g/mol. The Bertz CT molecular complexity index is 676. The van der Waals surface area contributed by atoms with Gasteiger partial charge in [0.05, 0.1) is 0 Å². The van der Waals surface area contributed by atoms with Crippen molar-refractivity contribution in [2.24, 2.45) is 11.8 Å². The van der Waals surface area contributed by atoms with Crippen LogP contribution in [-0.2, 0) is 4.74 Å². The largest absolute Gasteiger partial charge is 0.384 e. The fourth-order valence-electron chi connectivity index (χ4n) is 5.99. The molecule has 0 aromatic heterocycles. The van der Waals surface area contributed by atoms with Crippen LogP contribution in [0.1, 0.15) is 94.1 Å². The van der Waals surface area contributed by atoms with E-state index in [0.29, 0.717) is 0 Å². The van der Waals surface area contributed by atoms with Crippen LogP contribution >= 0.6 is 0 Å². The van der Waals surface area contributed by atoms with Crippen molar-refractivity contribution in [1.29, 1.82) is 0 Å². The maximum absolute atomic E-state index is 5.35. The third kappa shape index (κ3) is 5.35. The molecular formula is C29H40O. The summed E-state index contributed by atoms with van der Waals surface area (Å²) >= 11 is 0. The van der Waals surface area contributed by atoms with E-state index in [1.54, 1.807) is 5.56 Å². The minimum absolute atomic E-state index is 0.734. The minimum atomic E-state index is 0.734. The predicted molar refractivity (Wildman–Crippen MR) is 128 cm³/mol. The van der Waals surface area contributed by atoms with E-state index in [0.717, 1.165) is 30.3 Å². The lowest BCUT2D eigenvalue weighted by Gasteiger charge is -2.29. The SMILES string of the molecule is CCCC1CCC(c2ccc(-c3ccc(C4CCC(COC)CC4)cc3)cc2)CC1. The first kappa shape index (κ1) is 21.6. The molecule has 162 valence electrons. The summed E-state index contributed by atoms with van der Waals surface area (Å²) in [4.78, 5) is 0. The number of hydrogen-bond donors (Lipinski definition) is 0. The average Bonchev–Trinajstić information content (AvgIpc) is 2.81. The molecule has 0 saturated heterocycles. The molecule has 4 rings (SSSR count). The lowest BCUT2D eigenvalue weighted by Crippen LogP contribution is -2.17. The molecule has 0 aliphatic heterocycles. The molecule has 2 aliphatic rings. The lowest BCUT2D eigenvalue weighted by atomic mass is 9.77. The molecule has 2 fully saturated rings. The zero-order valence-electron chi connectivity index (χ0n) is 19.1. The maximum atomic E-state index is 5.35. The lowest BCUT2D eigenvalue weighted by molar-refractivity contribution is 0.127.